The van der Waals surface area contributed by atoms with E-state index in [2.05, 4.69) is 23.6 Å². The van der Waals surface area contributed by atoms with Gasteiger partial charge in [-0.15, -0.1) is 0 Å². The summed E-state index contributed by atoms with van der Waals surface area (Å²) in [6, 6.07) is 0.522. The largest absolute Gasteiger partial charge is 0.481 e. The molecule has 4 rings (SSSR count). The molecule has 0 amide bonds. The number of hydrogen-bond donors (Lipinski definition) is 1. The summed E-state index contributed by atoms with van der Waals surface area (Å²) in [4.78, 5) is 25.1. The molecule has 2 saturated heterocycles. The second kappa shape index (κ2) is 5.35. The van der Waals surface area contributed by atoms with Crippen LogP contribution in [0, 0.1) is 5.92 Å². The highest BCUT2D eigenvalue weighted by Gasteiger charge is 2.36. The topological polar surface area (TPSA) is 69.6 Å². The van der Waals surface area contributed by atoms with Gasteiger partial charge in [-0.1, -0.05) is 6.92 Å². The summed E-state index contributed by atoms with van der Waals surface area (Å²) in [6.07, 6.45) is 3.65. The van der Waals surface area contributed by atoms with Crippen LogP contribution in [0.2, 0.25) is 0 Å². The zero-order valence-corrected chi connectivity index (χ0v) is 13.8. The molecule has 6 nitrogen and oxygen atoms in total. The van der Waals surface area contributed by atoms with Crippen molar-refractivity contribution in [2.75, 3.05) is 29.4 Å². The quantitative estimate of drug-likeness (QED) is 0.916. The van der Waals surface area contributed by atoms with Crippen LogP contribution in [-0.4, -0.2) is 46.7 Å². The molecular weight excluding hydrogens is 292 g/mol. The molecule has 0 bridgehead atoms. The molecule has 2 fully saturated rings. The Morgan fingerprint density at radius 3 is 2.65 bits per heavy atom. The second-order valence-electron chi connectivity index (χ2n) is 7.35. The molecule has 0 radical (unpaired) electrons. The summed E-state index contributed by atoms with van der Waals surface area (Å²) in [5.74, 6) is 1.98. The molecular formula is C17H24N4O2. The van der Waals surface area contributed by atoms with Gasteiger partial charge in [-0.25, -0.2) is 4.98 Å². The summed E-state index contributed by atoms with van der Waals surface area (Å²) in [5, 5.41) is 8.93. The maximum Gasteiger partial charge on any atom is 0.303 e. The van der Waals surface area contributed by atoms with Crippen molar-refractivity contribution in [1.29, 1.82) is 0 Å². The molecule has 124 valence electrons. The Balaban J connectivity index is 1.61. The Morgan fingerprint density at radius 2 is 2.04 bits per heavy atom. The molecule has 2 aliphatic heterocycles. The van der Waals surface area contributed by atoms with Crippen LogP contribution in [0.1, 0.15) is 50.3 Å². The first-order valence-electron chi connectivity index (χ1n) is 8.67. The van der Waals surface area contributed by atoms with E-state index >= 15 is 0 Å². The second-order valence-corrected chi connectivity index (χ2v) is 7.35. The molecule has 1 aromatic rings. The maximum atomic E-state index is 10.9. The normalized spacial score (nSPS) is 26.7. The zero-order chi connectivity index (χ0) is 16.1. The minimum Gasteiger partial charge on any atom is -0.481 e. The van der Waals surface area contributed by atoms with E-state index in [1.807, 2.05) is 0 Å². The van der Waals surface area contributed by atoms with Crippen LogP contribution in [0.5, 0.6) is 0 Å². The minimum atomic E-state index is -0.703. The summed E-state index contributed by atoms with van der Waals surface area (Å²) >= 11 is 0. The molecule has 0 saturated carbocycles. The van der Waals surface area contributed by atoms with Crippen LogP contribution >= 0.6 is 0 Å². The minimum absolute atomic E-state index is 0.253. The van der Waals surface area contributed by atoms with E-state index in [9.17, 15) is 4.79 Å². The number of aliphatic carboxylic acids is 1. The number of nitrogens with zero attached hydrogens (tertiary/aromatic N) is 4. The van der Waals surface area contributed by atoms with Gasteiger partial charge >= 0.3 is 5.97 Å². The highest BCUT2D eigenvalue weighted by atomic mass is 16.4. The lowest BCUT2D eigenvalue weighted by Crippen LogP contribution is -2.50. The van der Waals surface area contributed by atoms with Crippen LogP contribution in [0.25, 0.3) is 0 Å². The van der Waals surface area contributed by atoms with E-state index in [4.69, 9.17) is 15.1 Å². The van der Waals surface area contributed by atoms with E-state index < -0.39 is 5.97 Å². The molecule has 3 aliphatic rings. The van der Waals surface area contributed by atoms with Crippen LogP contribution in [0.3, 0.4) is 0 Å². The molecule has 3 heterocycles. The SMILES string of the molecule is C[C@H]1CCc2c1nc(N1CC[C@@H]1C)nc2N1CC(CC(=O)O)C1. The predicted octanol–water partition coefficient (Wildman–Crippen LogP) is 2.04. The van der Waals surface area contributed by atoms with Crippen molar-refractivity contribution in [3.8, 4) is 0 Å². The van der Waals surface area contributed by atoms with Crippen LogP contribution < -0.4 is 9.80 Å². The number of carboxylic acid groups (broad SMARTS) is 1. The van der Waals surface area contributed by atoms with Crippen molar-refractivity contribution >= 4 is 17.7 Å². The first-order valence-corrected chi connectivity index (χ1v) is 8.67. The standard InChI is InChI=1S/C17H24N4O2/c1-10-3-4-13-15(10)18-17(21-6-5-11(21)2)19-16(13)20-8-12(9-20)7-14(22)23/h10-12H,3-9H2,1-2H3,(H,22,23)/t10-,11-/m0/s1. The van der Waals surface area contributed by atoms with E-state index in [1.165, 1.54) is 17.7 Å². The van der Waals surface area contributed by atoms with E-state index in [-0.39, 0.29) is 12.3 Å². The number of hydrogen-bond acceptors (Lipinski definition) is 5. The molecule has 1 aromatic heterocycles. The van der Waals surface area contributed by atoms with Gasteiger partial charge in [0.25, 0.3) is 0 Å². The maximum absolute atomic E-state index is 10.9. The first-order chi connectivity index (χ1) is 11.0. The third-order valence-corrected chi connectivity index (χ3v) is 5.60. The van der Waals surface area contributed by atoms with Crippen molar-refractivity contribution in [2.45, 2.75) is 51.5 Å². The monoisotopic (exact) mass is 316 g/mol. The van der Waals surface area contributed by atoms with Gasteiger partial charge in [0.05, 0.1) is 12.1 Å². The van der Waals surface area contributed by atoms with Gasteiger partial charge in [0.1, 0.15) is 5.82 Å². The number of aromatic nitrogens is 2. The van der Waals surface area contributed by atoms with Gasteiger partial charge in [-0.05, 0) is 32.1 Å². The van der Waals surface area contributed by atoms with Gasteiger partial charge in [-0.3, -0.25) is 4.79 Å². The van der Waals surface area contributed by atoms with Gasteiger partial charge in [0, 0.05) is 37.2 Å². The predicted molar refractivity (Wildman–Crippen MR) is 88.1 cm³/mol. The third-order valence-electron chi connectivity index (χ3n) is 5.60. The Hall–Kier alpha value is -1.85. The number of fused-ring (bicyclic) bond motifs is 1. The number of anilines is 2. The van der Waals surface area contributed by atoms with Gasteiger partial charge in [-0.2, -0.15) is 4.98 Å². The van der Waals surface area contributed by atoms with E-state index in [1.54, 1.807) is 0 Å². The third kappa shape index (κ3) is 2.44. The molecule has 1 aliphatic carbocycles. The Kier molecular flexibility index (Phi) is 3.43. The Bertz CT molecular complexity index is 642. The van der Waals surface area contributed by atoms with Crippen molar-refractivity contribution in [3.05, 3.63) is 11.3 Å². The zero-order valence-electron chi connectivity index (χ0n) is 13.8. The highest BCUT2D eigenvalue weighted by Crippen LogP contribution is 2.40. The van der Waals surface area contributed by atoms with E-state index in [0.717, 1.165) is 44.2 Å². The lowest BCUT2D eigenvalue weighted by atomic mass is 9.95. The lowest BCUT2D eigenvalue weighted by Gasteiger charge is -2.42. The fourth-order valence-corrected chi connectivity index (χ4v) is 3.94. The lowest BCUT2D eigenvalue weighted by molar-refractivity contribution is -0.138. The van der Waals surface area contributed by atoms with Gasteiger partial charge in [0.15, 0.2) is 0 Å². The molecule has 2 atom stereocenters. The highest BCUT2D eigenvalue weighted by molar-refractivity contribution is 5.68. The summed E-state index contributed by atoms with van der Waals surface area (Å²) in [7, 11) is 0. The Morgan fingerprint density at radius 1 is 1.26 bits per heavy atom. The number of carbonyl (C=O) groups is 1. The molecule has 0 aromatic carbocycles. The fraction of sp³-hybridized carbons (Fsp3) is 0.706. The van der Waals surface area contributed by atoms with Crippen molar-refractivity contribution in [2.24, 2.45) is 5.92 Å². The molecule has 0 spiro atoms. The number of rotatable bonds is 4. The van der Waals surface area contributed by atoms with E-state index in [0.29, 0.717) is 12.0 Å². The van der Waals surface area contributed by atoms with Gasteiger partial charge < -0.3 is 14.9 Å². The average molecular weight is 316 g/mol. The Labute approximate surface area is 136 Å². The fourth-order valence-electron chi connectivity index (χ4n) is 3.94. The number of carboxylic acids is 1. The average Bonchev–Trinajstić information content (AvgIpc) is 2.82. The summed E-state index contributed by atoms with van der Waals surface area (Å²) in [6.45, 7) is 7.11. The molecule has 1 N–H and O–H groups in total. The van der Waals surface area contributed by atoms with Crippen molar-refractivity contribution in [1.82, 2.24) is 9.97 Å². The molecule has 0 unspecified atom stereocenters. The van der Waals surface area contributed by atoms with Crippen molar-refractivity contribution in [3.63, 3.8) is 0 Å². The van der Waals surface area contributed by atoms with Gasteiger partial charge in [0.2, 0.25) is 5.95 Å². The first kappa shape index (κ1) is 14.7. The molecule has 6 heteroatoms. The summed E-state index contributed by atoms with van der Waals surface area (Å²) < 4.78 is 0. The molecule has 23 heavy (non-hydrogen) atoms. The van der Waals surface area contributed by atoms with Crippen LogP contribution in [0.15, 0.2) is 0 Å². The van der Waals surface area contributed by atoms with Crippen LogP contribution in [-0.2, 0) is 11.2 Å². The smallest absolute Gasteiger partial charge is 0.303 e. The van der Waals surface area contributed by atoms with Crippen molar-refractivity contribution < 1.29 is 9.90 Å². The van der Waals surface area contributed by atoms with Crippen LogP contribution in [0.4, 0.5) is 11.8 Å². The summed E-state index contributed by atoms with van der Waals surface area (Å²) in [5.41, 5.74) is 2.51.